The maximum absolute atomic E-state index is 2.55. The predicted molar refractivity (Wildman–Crippen MR) is 57.2 cm³/mol. The van der Waals surface area contributed by atoms with Crippen molar-refractivity contribution in [2.45, 2.75) is 31.4 Å². The second kappa shape index (κ2) is 2.45. The smallest absolute Gasteiger partial charge is 0.153 e. The highest BCUT2D eigenvalue weighted by Crippen LogP contribution is 2.60. The molecule has 0 spiro atoms. The third kappa shape index (κ3) is 1.35. The van der Waals surface area contributed by atoms with Crippen LogP contribution in [0.3, 0.4) is 0 Å². The first-order valence-electron chi connectivity index (χ1n) is 4.78. The van der Waals surface area contributed by atoms with Crippen molar-refractivity contribution in [3.63, 3.8) is 0 Å². The molecule has 0 N–H and O–H groups in total. The topological polar surface area (TPSA) is 0 Å². The number of hydrogen-bond donors (Lipinski definition) is 0. The molecule has 2 heterocycles. The van der Waals surface area contributed by atoms with Gasteiger partial charge in [-0.25, -0.2) is 0 Å². The molecule has 2 heteroatoms. The van der Waals surface area contributed by atoms with Crippen molar-refractivity contribution >= 4 is 17.0 Å². The summed E-state index contributed by atoms with van der Waals surface area (Å²) in [5.74, 6) is 3.70. The van der Waals surface area contributed by atoms with Gasteiger partial charge in [0.05, 0.1) is 0 Å². The summed E-state index contributed by atoms with van der Waals surface area (Å²) in [5, 5.41) is 1.15. The second-order valence-electron chi connectivity index (χ2n) is 5.09. The molecule has 0 aromatic rings. The maximum atomic E-state index is 2.55. The van der Waals surface area contributed by atoms with Crippen molar-refractivity contribution in [1.29, 1.82) is 0 Å². The SMILES string of the molecule is BS1(C)CC(C)CC2CC1C2. The van der Waals surface area contributed by atoms with E-state index in [4.69, 9.17) is 0 Å². The Hall–Kier alpha value is 0.415. The second-order valence-corrected chi connectivity index (χ2v) is 9.34. The van der Waals surface area contributed by atoms with E-state index in [1.807, 2.05) is 0 Å². The van der Waals surface area contributed by atoms with Crippen molar-refractivity contribution < 1.29 is 0 Å². The fourth-order valence-electron chi connectivity index (χ4n) is 2.89. The van der Waals surface area contributed by atoms with E-state index in [9.17, 15) is 0 Å². The van der Waals surface area contributed by atoms with Gasteiger partial charge in [-0.2, -0.15) is 0 Å². The van der Waals surface area contributed by atoms with Crippen LogP contribution in [-0.2, 0) is 0 Å². The quantitative estimate of drug-likeness (QED) is 0.486. The summed E-state index contributed by atoms with van der Waals surface area (Å²) < 4.78 is 0. The van der Waals surface area contributed by atoms with Crippen LogP contribution in [0.4, 0.5) is 0 Å². The Morgan fingerprint density at radius 2 is 1.91 bits per heavy atom. The van der Waals surface area contributed by atoms with E-state index in [0.717, 1.165) is 17.1 Å². The van der Waals surface area contributed by atoms with Crippen LogP contribution in [0.5, 0.6) is 0 Å². The van der Waals surface area contributed by atoms with Gasteiger partial charge in [0.25, 0.3) is 0 Å². The molecule has 2 saturated heterocycles. The van der Waals surface area contributed by atoms with Crippen LogP contribution in [0.25, 0.3) is 0 Å². The van der Waals surface area contributed by atoms with Crippen molar-refractivity contribution in [2.24, 2.45) is 11.8 Å². The molecule has 2 unspecified atom stereocenters. The number of hydrogen-bond acceptors (Lipinski definition) is 0. The van der Waals surface area contributed by atoms with E-state index in [2.05, 4.69) is 20.3 Å². The van der Waals surface area contributed by atoms with Gasteiger partial charge in [0.15, 0.2) is 7.12 Å². The Labute approximate surface area is 72.8 Å². The minimum Gasteiger partial charge on any atom is -0.277 e. The standard InChI is InChI=1S/C9H19BS/c1-7-3-8-4-9(5-8)11(2,10)6-7/h7-9H,3-6,10H2,1-2H3. The molecule has 1 saturated carbocycles. The lowest BCUT2D eigenvalue weighted by molar-refractivity contribution is 0.287. The van der Waals surface area contributed by atoms with E-state index in [1.54, 1.807) is 18.6 Å². The molecule has 64 valence electrons. The van der Waals surface area contributed by atoms with Crippen molar-refractivity contribution in [3.8, 4) is 0 Å². The lowest BCUT2D eigenvalue weighted by atomic mass is 9.79. The molecule has 3 fully saturated rings. The fourth-order valence-corrected chi connectivity index (χ4v) is 6.36. The van der Waals surface area contributed by atoms with E-state index in [-0.39, 0.29) is 9.88 Å². The van der Waals surface area contributed by atoms with Crippen molar-refractivity contribution in [2.75, 3.05) is 12.0 Å². The van der Waals surface area contributed by atoms with Crippen LogP contribution >= 0.6 is 9.88 Å². The van der Waals surface area contributed by atoms with Gasteiger partial charge in [-0.05, 0) is 48.4 Å². The van der Waals surface area contributed by atoms with E-state index in [1.165, 1.54) is 6.42 Å². The molecule has 2 atom stereocenters. The molecule has 1 aliphatic carbocycles. The summed E-state index contributed by atoms with van der Waals surface area (Å²) in [6, 6.07) is 0. The molecule has 11 heavy (non-hydrogen) atoms. The van der Waals surface area contributed by atoms with Gasteiger partial charge < -0.3 is 0 Å². The Kier molecular flexibility index (Phi) is 1.79. The summed E-state index contributed by atoms with van der Waals surface area (Å²) in [6.07, 6.45) is 7.24. The van der Waals surface area contributed by atoms with Gasteiger partial charge in [-0.1, -0.05) is 6.92 Å². The van der Waals surface area contributed by atoms with Gasteiger partial charge in [0, 0.05) is 0 Å². The first-order chi connectivity index (χ1) is 5.08. The normalized spacial score (nSPS) is 62.2. The highest BCUT2D eigenvalue weighted by atomic mass is 32.3. The lowest BCUT2D eigenvalue weighted by Crippen LogP contribution is -2.31. The first kappa shape index (κ1) is 8.03. The zero-order chi connectivity index (χ0) is 8.06. The third-order valence-corrected chi connectivity index (χ3v) is 7.16. The maximum Gasteiger partial charge on any atom is 0.153 e. The monoisotopic (exact) mass is 170 g/mol. The van der Waals surface area contributed by atoms with E-state index in [0.29, 0.717) is 0 Å². The van der Waals surface area contributed by atoms with Crippen LogP contribution < -0.4 is 0 Å². The average Bonchev–Trinajstić information content (AvgIpc) is 1.88. The van der Waals surface area contributed by atoms with Crippen molar-refractivity contribution in [3.05, 3.63) is 0 Å². The van der Waals surface area contributed by atoms with Gasteiger partial charge in [-0.3, -0.25) is 9.88 Å². The van der Waals surface area contributed by atoms with Crippen LogP contribution in [0.1, 0.15) is 26.2 Å². The molecule has 0 aromatic heterocycles. The minimum atomic E-state index is -0.181. The summed E-state index contributed by atoms with van der Waals surface area (Å²) in [4.78, 5) is 0. The van der Waals surface area contributed by atoms with Crippen molar-refractivity contribution in [1.82, 2.24) is 0 Å². The molecule has 2 aliphatic heterocycles. The largest absolute Gasteiger partial charge is 0.277 e. The van der Waals surface area contributed by atoms with Crippen LogP contribution in [-0.4, -0.2) is 24.4 Å². The minimum absolute atomic E-state index is 0.181. The molecule has 3 rings (SSSR count). The number of rotatable bonds is 0. The summed E-state index contributed by atoms with van der Waals surface area (Å²) in [7, 11) is 2.37. The highest BCUT2D eigenvalue weighted by molar-refractivity contribution is 8.50. The Bertz CT molecular complexity index is 161. The lowest BCUT2D eigenvalue weighted by Gasteiger charge is -2.46. The molecule has 0 amide bonds. The summed E-state index contributed by atoms with van der Waals surface area (Å²) >= 11 is 0. The molecular weight excluding hydrogens is 151 g/mol. The highest BCUT2D eigenvalue weighted by Gasteiger charge is 2.41. The third-order valence-electron chi connectivity index (χ3n) is 3.54. The summed E-state index contributed by atoms with van der Waals surface area (Å²) in [6.45, 7) is 2.45. The van der Waals surface area contributed by atoms with Crippen LogP contribution in [0.15, 0.2) is 0 Å². The van der Waals surface area contributed by atoms with Crippen LogP contribution in [0.2, 0.25) is 0 Å². The molecule has 2 bridgehead atoms. The fraction of sp³-hybridized carbons (Fsp3) is 1.00. The Balaban J connectivity index is 2.12. The van der Waals surface area contributed by atoms with E-state index >= 15 is 0 Å². The van der Waals surface area contributed by atoms with Gasteiger partial charge in [0.1, 0.15) is 0 Å². The number of fused-ring (bicyclic) bond motifs is 3. The Morgan fingerprint density at radius 3 is 2.55 bits per heavy atom. The molecule has 0 radical (unpaired) electrons. The van der Waals surface area contributed by atoms with Crippen LogP contribution in [0, 0.1) is 11.8 Å². The Morgan fingerprint density at radius 1 is 1.27 bits per heavy atom. The predicted octanol–water partition coefficient (Wildman–Crippen LogP) is 1.79. The molecule has 0 aromatic carbocycles. The zero-order valence-electron chi connectivity index (χ0n) is 7.97. The molecule has 3 aliphatic rings. The molecule has 0 nitrogen and oxygen atoms in total. The van der Waals surface area contributed by atoms with Gasteiger partial charge in [0.2, 0.25) is 0 Å². The van der Waals surface area contributed by atoms with Gasteiger partial charge >= 0.3 is 0 Å². The average molecular weight is 170 g/mol. The molecular formula is C9H19BS. The first-order valence-corrected chi connectivity index (χ1v) is 7.46. The van der Waals surface area contributed by atoms with Gasteiger partial charge in [-0.15, -0.1) is 0 Å². The zero-order valence-corrected chi connectivity index (χ0v) is 8.79. The van der Waals surface area contributed by atoms with E-state index < -0.39 is 0 Å². The summed E-state index contributed by atoms with van der Waals surface area (Å²) in [5.41, 5.74) is 0.